The molecule has 17 unspecified atom stereocenters. The summed E-state index contributed by atoms with van der Waals surface area (Å²) in [6.07, 6.45) is 9.66. The van der Waals surface area contributed by atoms with Gasteiger partial charge in [0.1, 0.15) is 73.2 Å². The SMILES string of the molecule is CCCCCCCCCCCCCCCCCC/C=C/CC/C=C/C(O)C(COC1OC(CO)C(OC2OC(CO)C(OC3OC(CO)C(O)C(O)C3O)C(O)C2O)C(O)C1O)NC(=O)CCCCCCC. The number of aliphatic hydroxyl groups excluding tert-OH is 11. The average molecular weight is 1040 g/mol. The van der Waals surface area contributed by atoms with Gasteiger partial charge in [-0.25, -0.2) is 0 Å². The molecule has 0 aromatic heterocycles. The minimum absolute atomic E-state index is 0.231. The van der Waals surface area contributed by atoms with Gasteiger partial charge in [-0.05, 0) is 32.1 Å². The van der Waals surface area contributed by atoms with E-state index >= 15 is 0 Å². The highest BCUT2D eigenvalue weighted by Gasteiger charge is 2.53. The summed E-state index contributed by atoms with van der Waals surface area (Å²) in [4.78, 5) is 13.0. The van der Waals surface area contributed by atoms with Crippen molar-refractivity contribution in [3.63, 3.8) is 0 Å². The molecule has 19 nitrogen and oxygen atoms in total. The van der Waals surface area contributed by atoms with Crippen molar-refractivity contribution in [2.24, 2.45) is 0 Å². The number of ether oxygens (including phenoxy) is 6. The third-order valence-corrected chi connectivity index (χ3v) is 14.0. The second kappa shape index (κ2) is 37.9. The van der Waals surface area contributed by atoms with E-state index in [-0.39, 0.29) is 18.9 Å². The number of carbonyl (C=O) groups is 1. The maximum absolute atomic E-state index is 13.0. The zero-order valence-corrected chi connectivity index (χ0v) is 43.4. The Kier molecular flexibility index (Phi) is 34.0. The van der Waals surface area contributed by atoms with Crippen molar-refractivity contribution in [3.8, 4) is 0 Å². The van der Waals surface area contributed by atoms with Crippen LogP contribution < -0.4 is 5.32 Å². The predicted octanol–water partition coefficient (Wildman–Crippen LogP) is 3.20. The molecule has 0 aliphatic carbocycles. The number of nitrogens with one attached hydrogen (secondary N) is 1. The third kappa shape index (κ3) is 22.9. The lowest BCUT2D eigenvalue weighted by Gasteiger charge is -2.48. The highest BCUT2D eigenvalue weighted by molar-refractivity contribution is 5.76. The van der Waals surface area contributed by atoms with Crippen molar-refractivity contribution in [2.75, 3.05) is 26.4 Å². The summed E-state index contributed by atoms with van der Waals surface area (Å²) in [7, 11) is 0. The second-order valence-electron chi connectivity index (χ2n) is 20.0. The molecule has 422 valence electrons. The maximum Gasteiger partial charge on any atom is 0.220 e. The van der Waals surface area contributed by atoms with Crippen LogP contribution in [-0.2, 0) is 33.2 Å². The molecule has 0 spiro atoms. The van der Waals surface area contributed by atoms with Crippen LogP contribution in [0.1, 0.15) is 174 Å². The van der Waals surface area contributed by atoms with Crippen molar-refractivity contribution in [1.82, 2.24) is 5.32 Å². The van der Waals surface area contributed by atoms with Gasteiger partial charge in [-0.1, -0.05) is 160 Å². The first-order valence-electron chi connectivity index (χ1n) is 27.6. The van der Waals surface area contributed by atoms with Crippen molar-refractivity contribution in [1.29, 1.82) is 0 Å². The number of unbranched alkanes of at least 4 members (excludes halogenated alkanes) is 21. The van der Waals surface area contributed by atoms with E-state index in [4.69, 9.17) is 28.4 Å². The number of hydrogen-bond acceptors (Lipinski definition) is 18. The lowest BCUT2D eigenvalue weighted by molar-refractivity contribution is -0.379. The number of hydrogen-bond donors (Lipinski definition) is 12. The first kappa shape index (κ1) is 64.6. The van der Waals surface area contributed by atoms with Crippen molar-refractivity contribution in [2.45, 2.75) is 279 Å². The fraction of sp³-hybridized carbons (Fsp3) is 0.906. The number of aliphatic hydroxyl groups is 11. The lowest BCUT2D eigenvalue weighted by Crippen LogP contribution is -2.66. The zero-order chi connectivity index (χ0) is 52.7. The molecule has 3 fully saturated rings. The topological polar surface area (TPSA) is 307 Å². The summed E-state index contributed by atoms with van der Waals surface area (Å²) >= 11 is 0. The predicted molar refractivity (Wildman–Crippen MR) is 268 cm³/mol. The van der Waals surface area contributed by atoms with Crippen molar-refractivity contribution < 1.29 is 89.4 Å². The fourth-order valence-electron chi connectivity index (χ4n) is 9.38. The Morgan fingerprint density at radius 3 is 1.39 bits per heavy atom. The summed E-state index contributed by atoms with van der Waals surface area (Å²) in [5.41, 5.74) is 0. The van der Waals surface area contributed by atoms with Gasteiger partial charge in [0, 0.05) is 6.42 Å². The molecule has 0 aromatic rings. The van der Waals surface area contributed by atoms with Gasteiger partial charge in [0.15, 0.2) is 18.9 Å². The zero-order valence-electron chi connectivity index (χ0n) is 43.4. The standard InChI is InChI=1S/C53H97NO18/c1-3-5-7-9-10-11-12-13-14-15-16-17-18-19-20-21-22-23-24-25-27-28-30-37(58)36(54-41(59)31-29-26-8-6-4-2)35-67-51-47(65)44(62)49(39(33-56)69-51)72-53-48(66)45(63)50(40(34-57)70-53)71-52-46(64)43(61)42(60)38(32-55)68-52/h23-24,28,30,36-40,42-53,55-58,60-66H,3-22,25-27,29,31-35H2,1-2H3,(H,54,59)/b24-23+,30-28+. The quantitative estimate of drug-likeness (QED) is 0.0311. The molecule has 3 aliphatic heterocycles. The maximum atomic E-state index is 13.0. The number of rotatable bonds is 39. The van der Waals surface area contributed by atoms with Gasteiger partial charge in [-0.15, -0.1) is 0 Å². The first-order chi connectivity index (χ1) is 34.8. The molecule has 17 atom stereocenters. The summed E-state index contributed by atoms with van der Waals surface area (Å²) in [5.74, 6) is -0.299. The van der Waals surface area contributed by atoms with Crippen LogP contribution in [0.5, 0.6) is 0 Å². The van der Waals surface area contributed by atoms with Gasteiger partial charge >= 0.3 is 0 Å². The Bertz CT molecular complexity index is 1430. The van der Waals surface area contributed by atoms with Crippen molar-refractivity contribution in [3.05, 3.63) is 24.3 Å². The average Bonchev–Trinajstić information content (AvgIpc) is 3.37. The molecular formula is C53H97NO18. The van der Waals surface area contributed by atoms with E-state index in [0.717, 1.165) is 44.9 Å². The summed E-state index contributed by atoms with van der Waals surface area (Å²) in [6.45, 7) is 1.58. The second-order valence-corrected chi connectivity index (χ2v) is 20.0. The molecule has 3 rings (SSSR count). The van der Waals surface area contributed by atoms with Crippen LogP contribution in [0.15, 0.2) is 24.3 Å². The van der Waals surface area contributed by atoms with Crippen LogP contribution in [0.2, 0.25) is 0 Å². The lowest BCUT2D eigenvalue weighted by atomic mass is 9.96. The van der Waals surface area contributed by atoms with E-state index < -0.39 is 124 Å². The number of amides is 1. The van der Waals surface area contributed by atoms with Crippen LogP contribution in [0.3, 0.4) is 0 Å². The van der Waals surface area contributed by atoms with Gasteiger partial charge in [0.2, 0.25) is 5.91 Å². The molecular weight excluding hydrogens is 939 g/mol. The van der Waals surface area contributed by atoms with Crippen LogP contribution in [-0.4, -0.2) is 193 Å². The monoisotopic (exact) mass is 1040 g/mol. The Hall–Kier alpha value is -1.73. The van der Waals surface area contributed by atoms with Crippen LogP contribution in [0.25, 0.3) is 0 Å². The minimum atomic E-state index is -1.98. The van der Waals surface area contributed by atoms with Gasteiger partial charge in [0.05, 0.1) is 38.6 Å². The smallest absolute Gasteiger partial charge is 0.220 e. The third-order valence-electron chi connectivity index (χ3n) is 14.0. The van der Waals surface area contributed by atoms with Crippen LogP contribution in [0.4, 0.5) is 0 Å². The molecule has 0 saturated carbocycles. The number of carbonyl (C=O) groups excluding carboxylic acids is 1. The minimum Gasteiger partial charge on any atom is -0.394 e. The highest BCUT2D eigenvalue weighted by Crippen LogP contribution is 2.33. The Morgan fingerprint density at radius 1 is 0.486 bits per heavy atom. The molecule has 3 aliphatic rings. The molecule has 1 amide bonds. The van der Waals surface area contributed by atoms with E-state index in [1.54, 1.807) is 6.08 Å². The molecule has 3 saturated heterocycles. The van der Waals surface area contributed by atoms with E-state index in [9.17, 15) is 61.0 Å². The van der Waals surface area contributed by atoms with Gasteiger partial charge in [-0.3, -0.25) is 4.79 Å². The molecule has 3 heterocycles. The Morgan fingerprint density at radius 2 is 0.889 bits per heavy atom. The van der Waals surface area contributed by atoms with Crippen molar-refractivity contribution >= 4 is 5.91 Å². The van der Waals surface area contributed by atoms with E-state index in [0.29, 0.717) is 12.8 Å². The van der Waals surface area contributed by atoms with Gasteiger partial charge < -0.3 is 89.9 Å². The van der Waals surface area contributed by atoms with E-state index in [2.05, 4.69) is 31.3 Å². The summed E-state index contributed by atoms with van der Waals surface area (Å²) < 4.78 is 34.0. The van der Waals surface area contributed by atoms with E-state index in [1.807, 2.05) is 6.08 Å². The van der Waals surface area contributed by atoms with Gasteiger partial charge in [0.25, 0.3) is 0 Å². The Labute approximate surface area is 428 Å². The normalized spacial score (nSPS) is 32.2. The molecule has 19 heteroatoms. The first-order valence-corrected chi connectivity index (χ1v) is 27.6. The van der Waals surface area contributed by atoms with E-state index in [1.165, 1.54) is 96.3 Å². The largest absolute Gasteiger partial charge is 0.394 e. The molecule has 0 aromatic carbocycles. The molecule has 0 radical (unpaired) electrons. The number of allylic oxidation sites excluding steroid dienone is 3. The van der Waals surface area contributed by atoms with Gasteiger partial charge in [-0.2, -0.15) is 0 Å². The molecule has 0 bridgehead atoms. The highest BCUT2D eigenvalue weighted by atomic mass is 16.8. The Balaban J connectivity index is 1.47. The molecule has 12 N–H and O–H groups in total. The summed E-state index contributed by atoms with van der Waals surface area (Å²) in [5, 5.41) is 119. The molecule has 72 heavy (non-hydrogen) atoms. The van der Waals surface area contributed by atoms with Crippen LogP contribution >= 0.6 is 0 Å². The van der Waals surface area contributed by atoms with Crippen LogP contribution in [0, 0.1) is 0 Å². The fourth-order valence-corrected chi connectivity index (χ4v) is 9.38. The summed E-state index contributed by atoms with van der Waals surface area (Å²) in [6, 6.07) is -0.981.